The van der Waals surface area contributed by atoms with Gasteiger partial charge in [0, 0.05) is 0 Å². The normalized spacial score (nSPS) is 38.0. The number of carbonyl (C=O) groups is 1. The molecule has 3 heteroatoms. The van der Waals surface area contributed by atoms with Crippen LogP contribution in [0.15, 0.2) is 35.9 Å². The predicted molar refractivity (Wildman–Crippen MR) is 156 cm³/mol. The summed E-state index contributed by atoms with van der Waals surface area (Å²) in [7, 11) is 1.71. The Kier molecular flexibility index (Phi) is 8.06. The molecule has 1 aromatic rings. The summed E-state index contributed by atoms with van der Waals surface area (Å²) in [4.78, 5) is 13.5. The zero-order valence-electron chi connectivity index (χ0n) is 24.2. The first kappa shape index (κ1) is 27.5. The maximum absolute atomic E-state index is 13.3. The zero-order valence-corrected chi connectivity index (χ0v) is 25.9. The second-order valence-electron chi connectivity index (χ2n) is 13.9. The molecule has 1 aromatic carbocycles. The van der Waals surface area contributed by atoms with Crippen molar-refractivity contribution < 1.29 is 9.53 Å². The van der Waals surface area contributed by atoms with Crippen molar-refractivity contribution in [2.75, 3.05) is 7.11 Å². The van der Waals surface area contributed by atoms with Crippen LogP contribution in [0.1, 0.15) is 98.8 Å². The summed E-state index contributed by atoms with van der Waals surface area (Å²) in [6, 6.07) is 8.44. The second-order valence-corrected chi connectivity index (χ2v) is 16.6. The van der Waals surface area contributed by atoms with E-state index < -0.39 is 0 Å². The molecule has 4 aliphatic rings. The van der Waals surface area contributed by atoms with Gasteiger partial charge in [-0.15, -0.1) is 0 Å². The number of fused-ring (bicyclic) bond motifs is 5. The Morgan fingerprint density at radius 3 is 2.46 bits per heavy atom. The molecule has 0 radical (unpaired) electrons. The summed E-state index contributed by atoms with van der Waals surface area (Å²) < 4.78 is 6.67. The molecule has 3 fully saturated rings. The van der Waals surface area contributed by atoms with Crippen LogP contribution in [0.3, 0.4) is 0 Å². The van der Waals surface area contributed by atoms with Crippen LogP contribution in [0, 0.1) is 46.3 Å². The molecule has 0 amide bonds. The number of ether oxygens (including phenoxy) is 1. The van der Waals surface area contributed by atoms with Crippen molar-refractivity contribution in [1.82, 2.24) is 0 Å². The van der Waals surface area contributed by atoms with Gasteiger partial charge in [-0.25, -0.2) is 0 Å². The molecule has 0 saturated heterocycles. The first-order valence-electron chi connectivity index (χ1n) is 15.2. The molecule has 204 valence electrons. The van der Waals surface area contributed by atoms with Crippen LogP contribution in [0.25, 0.3) is 0 Å². The van der Waals surface area contributed by atoms with E-state index in [-0.39, 0.29) is 25.2 Å². The molecule has 2 nitrogen and oxygen atoms in total. The van der Waals surface area contributed by atoms with Gasteiger partial charge in [0.2, 0.25) is 0 Å². The van der Waals surface area contributed by atoms with Gasteiger partial charge >= 0.3 is 214 Å². The Morgan fingerprint density at radius 1 is 1.00 bits per heavy atom. The van der Waals surface area contributed by atoms with E-state index in [1.807, 2.05) is 12.1 Å². The number of hydrogen-bond acceptors (Lipinski definition) is 2. The van der Waals surface area contributed by atoms with E-state index in [2.05, 4.69) is 52.8 Å². The molecule has 0 aromatic heterocycles. The van der Waals surface area contributed by atoms with Crippen LogP contribution in [0.2, 0.25) is 4.82 Å². The van der Waals surface area contributed by atoms with Gasteiger partial charge < -0.3 is 0 Å². The van der Waals surface area contributed by atoms with E-state index in [1.54, 1.807) is 7.11 Å². The average molecular weight is 570 g/mol. The molecule has 0 heterocycles. The van der Waals surface area contributed by atoms with Gasteiger partial charge in [0.15, 0.2) is 0 Å². The molecule has 4 aliphatic carbocycles. The molecular weight excluding hydrogens is 519 g/mol. The SMILES string of the molecule is COc1ccc([Se][C@@H]2C[C@@]3(C)C(=CC2=O)CCC2C3CC[C@@]3(C)C2CC[C@@H]3C(C)CCCC(C)C)cc1. The molecular formula is C34H50O2Se. The molecule has 0 spiro atoms. The Balaban J connectivity index is 1.31. The first-order chi connectivity index (χ1) is 17.7. The van der Waals surface area contributed by atoms with Crippen LogP contribution in [0.5, 0.6) is 5.75 Å². The molecule has 5 rings (SSSR count). The molecule has 0 N–H and O–H groups in total. The number of hydrogen-bond donors (Lipinski definition) is 0. The van der Waals surface area contributed by atoms with Crippen molar-refractivity contribution in [3.63, 3.8) is 0 Å². The molecule has 0 aliphatic heterocycles. The van der Waals surface area contributed by atoms with Crippen LogP contribution in [0.4, 0.5) is 0 Å². The van der Waals surface area contributed by atoms with Crippen LogP contribution < -0.4 is 9.20 Å². The van der Waals surface area contributed by atoms with Gasteiger partial charge in [0.05, 0.1) is 0 Å². The van der Waals surface area contributed by atoms with E-state index in [9.17, 15) is 4.79 Å². The fraction of sp³-hybridized carbons (Fsp3) is 0.735. The van der Waals surface area contributed by atoms with E-state index in [0.717, 1.165) is 54.1 Å². The molecule has 3 saturated carbocycles. The second kappa shape index (κ2) is 10.8. The van der Waals surface area contributed by atoms with Crippen LogP contribution in [-0.4, -0.2) is 27.8 Å². The first-order valence-corrected chi connectivity index (χ1v) is 17.1. The molecule has 0 bridgehead atoms. The van der Waals surface area contributed by atoms with Crippen molar-refractivity contribution >= 4 is 25.2 Å². The summed E-state index contributed by atoms with van der Waals surface area (Å²) in [6.07, 6.45) is 15.6. The Labute approximate surface area is 232 Å². The monoisotopic (exact) mass is 570 g/mol. The average Bonchev–Trinajstić information content (AvgIpc) is 3.22. The third kappa shape index (κ3) is 5.14. The summed E-state index contributed by atoms with van der Waals surface area (Å²) in [5, 5.41) is 0. The Bertz CT molecular complexity index is 996. The third-order valence-corrected chi connectivity index (χ3v) is 14.1. The number of benzene rings is 1. The quantitative estimate of drug-likeness (QED) is 0.296. The molecule has 8 atom stereocenters. The summed E-state index contributed by atoms with van der Waals surface area (Å²) >= 11 is 0.175. The fourth-order valence-electron chi connectivity index (χ4n) is 9.54. The maximum atomic E-state index is 13.3. The minimum absolute atomic E-state index is 0.175. The fourth-order valence-corrected chi connectivity index (χ4v) is 12.1. The Morgan fingerprint density at radius 2 is 1.76 bits per heavy atom. The third-order valence-electron chi connectivity index (χ3n) is 11.5. The number of rotatable bonds is 8. The number of allylic oxidation sites excluding steroid dienone is 1. The van der Waals surface area contributed by atoms with E-state index in [4.69, 9.17) is 4.74 Å². The van der Waals surface area contributed by atoms with E-state index in [0.29, 0.717) is 11.2 Å². The van der Waals surface area contributed by atoms with Crippen molar-refractivity contribution in [3.05, 3.63) is 35.9 Å². The van der Waals surface area contributed by atoms with Gasteiger partial charge in [-0.1, -0.05) is 13.8 Å². The topological polar surface area (TPSA) is 26.3 Å². The van der Waals surface area contributed by atoms with Gasteiger partial charge in [-0.3, -0.25) is 0 Å². The standard InChI is InChI=1S/C34H50O2Se/c1-22(2)8-7-9-23(3)28-16-17-29-27-15-10-24-20-31(35)32(37-26-13-11-25(36-6)12-14-26)21-34(24,5)30(27)18-19-33(28,29)4/h11-14,20,22-23,27-30,32H,7-10,15-19,21H2,1-6H3/t23?,27?,28-,29?,30?,32-,33-,34+/m1/s1. The zero-order chi connectivity index (χ0) is 26.4. The number of methoxy groups -OCH3 is 1. The van der Waals surface area contributed by atoms with E-state index in [1.165, 1.54) is 61.4 Å². The predicted octanol–water partition coefficient (Wildman–Crippen LogP) is 8.03. The van der Waals surface area contributed by atoms with Gasteiger partial charge in [-0.05, 0) is 5.92 Å². The van der Waals surface area contributed by atoms with Gasteiger partial charge in [0.1, 0.15) is 0 Å². The summed E-state index contributed by atoms with van der Waals surface area (Å²) in [6.45, 7) is 12.6. The van der Waals surface area contributed by atoms with Crippen molar-refractivity contribution in [2.24, 2.45) is 46.3 Å². The van der Waals surface area contributed by atoms with Gasteiger partial charge in [-0.2, -0.15) is 0 Å². The minimum atomic E-state index is 0.175. The van der Waals surface area contributed by atoms with Crippen molar-refractivity contribution in [3.8, 4) is 5.75 Å². The molecule has 37 heavy (non-hydrogen) atoms. The molecule has 4 unspecified atom stereocenters. The van der Waals surface area contributed by atoms with E-state index >= 15 is 0 Å². The summed E-state index contributed by atoms with van der Waals surface area (Å²) in [5.41, 5.74) is 2.26. The Hall–Kier alpha value is -1.05. The summed E-state index contributed by atoms with van der Waals surface area (Å²) in [5.74, 6) is 6.42. The van der Waals surface area contributed by atoms with Crippen LogP contribution >= 0.6 is 0 Å². The number of ketones is 1. The van der Waals surface area contributed by atoms with Crippen molar-refractivity contribution in [1.29, 1.82) is 0 Å². The van der Waals surface area contributed by atoms with Gasteiger partial charge in [0.25, 0.3) is 0 Å². The number of carbonyl (C=O) groups excluding carboxylic acids is 1. The van der Waals surface area contributed by atoms with Crippen LogP contribution in [-0.2, 0) is 4.79 Å². The van der Waals surface area contributed by atoms with Crippen molar-refractivity contribution in [2.45, 2.75) is 104 Å².